The molecule has 0 aliphatic heterocycles. The van der Waals surface area contributed by atoms with Crippen molar-refractivity contribution in [3.63, 3.8) is 0 Å². The molecule has 76 valence electrons. The molecular formula is C12H13N3. The van der Waals surface area contributed by atoms with E-state index in [1.807, 2.05) is 42.5 Å². The van der Waals surface area contributed by atoms with E-state index in [4.69, 9.17) is 11.5 Å². The van der Waals surface area contributed by atoms with Crippen LogP contribution in [0.5, 0.6) is 0 Å². The molecule has 0 aliphatic rings. The summed E-state index contributed by atoms with van der Waals surface area (Å²) in [7, 11) is 0. The monoisotopic (exact) mass is 199 g/mol. The van der Waals surface area contributed by atoms with Crippen LogP contribution in [-0.4, -0.2) is 0 Å². The summed E-state index contributed by atoms with van der Waals surface area (Å²) in [5.41, 5.74) is 14.6. The van der Waals surface area contributed by atoms with Crippen LogP contribution in [0.3, 0.4) is 0 Å². The highest BCUT2D eigenvalue weighted by Gasteiger charge is 2.01. The van der Waals surface area contributed by atoms with Gasteiger partial charge in [0.25, 0.3) is 0 Å². The van der Waals surface area contributed by atoms with Crippen LogP contribution in [0.4, 0.5) is 22.7 Å². The fourth-order valence-electron chi connectivity index (χ4n) is 1.37. The zero-order valence-corrected chi connectivity index (χ0v) is 8.27. The Morgan fingerprint density at radius 2 is 1.53 bits per heavy atom. The van der Waals surface area contributed by atoms with Gasteiger partial charge in [0.05, 0.1) is 17.1 Å². The third-order valence-electron chi connectivity index (χ3n) is 2.19. The van der Waals surface area contributed by atoms with Gasteiger partial charge in [-0.2, -0.15) is 0 Å². The lowest BCUT2D eigenvalue weighted by Gasteiger charge is -2.10. The Morgan fingerprint density at radius 1 is 0.800 bits per heavy atom. The van der Waals surface area contributed by atoms with Crippen molar-refractivity contribution < 1.29 is 0 Å². The number of rotatable bonds is 2. The molecule has 0 spiro atoms. The van der Waals surface area contributed by atoms with Crippen LogP contribution in [0.1, 0.15) is 0 Å². The van der Waals surface area contributed by atoms with Gasteiger partial charge >= 0.3 is 0 Å². The van der Waals surface area contributed by atoms with Gasteiger partial charge in [-0.05, 0) is 24.3 Å². The number of hydrogen-bond acceptors (Lipinski definition) is 3. The van der Waals surface area contributed by atoms with Crippen LogP contribution in [0.2, 0.25) is 0 Å². The predicted octanol–water partition coefficient (Wildman–Crippen LogP) is 2.59. The molecule has 0 atom stereocenters. The van der Waals surface area contributed by atoms with Gasteiger partial charge in [0.15, 0.2) is 0 Å². The maximum absolute atomic E-state index is 5.84. The molecule has 0 fully saturated rings. The fourth-order valence-corrected chi connectivity index (χ4v) is 1.37. The molecule has 0 bridgehead atoms. The summed E-state index contributed by atoms with van der Waals surface area (Å²) in [5.74, 6) is 0. The summed E-state index contributed by atoms with van der Waals surface area (Å²) >= 11 is 0. The largest absolute Gasteiger partial charge is 0.397 e. The van der Waals surface area contributed by atoms with Crippen LogP contribution in [0.25, 0.3) is 0 Å². The van der Waals surface area contributed by atoms with Gasteiger partial charge in [0.1, 0.15) is 0 Å². The van der Waals surface area contributed by atoms with Crippen molar-refractivity contribution in [1.29, 1.82) is 0 Å². The fraction of sp³-hybridized carbons (Fsp3) is 0. The first kappa shape index (κ1) is 9.40. The Bertz CT molecular complexity index is 452. The molecule has 3 heteroatoms. The van der Waals surface area contributed by atoms with Gasteiger partial charge < -0.3 is 16.8 Å². The normalized spacial score (nSPS) is 9.87. The van der Waals surface area contributed by atoms with E-state index in [9.17, 15) is 0 Å². The standard InChI is InChI=1S/C12H13N3/c13-10-7-4-8-11(12(10)14)15-9-5-2-1-3-6-9/h1-8,15H,13-14H2. The van der Waals surface area contributed by atoms with Crippen LogP contribution < -0.4 is 16.8 Å². The second kappa shape index (κ2) is 3.92. The minimum atomic E-state index is 0.585. The van der Waals surface area contributed by atoms with Crippen LogP contribution in [0, 0.1) is 0 Å². The number of para-hydroxylation sites is 2. The van der Waals surface area contributed by atoms with E-state index in [1.165, 1.54) is 0 Å². The highest BCUT2D eigenvalue weighted by atomic mass is 14.9. The highest BCUT2D eigenvalue weighted by molar-refractivity contribution is 5.81. The Kier molecular flexibility index (Phi) is 2.46. The average molecular weight is 199 g/mol. The van der Waals surface area contributed by atoms with Crippen molar-refractivity contribution in [2.75, 3.05) is 16.8 Å². The molecule has 0 heterocycles. The number of hydrogen-bond donors (Lipinski definition) is 3. The molecule has 2 rings (SSSR count). The van der Waals surface area contributed by atoms with Crippen LogP contribution in [-0.2, 0) is 0 Å². The molecule has 0 saturated carbocycles. The van der Waals surface area contributed by atoms with E-state index >= 15 is 0 Å². The molecule has 0 radical (unpaired) electrons. The number of anilines is 4. The first-order valence-corrected chi connectivity index (χ1v) is 4.73. The zero-order chi connectivity index (χ0) is 10.7. The first-order valence-electron chi connectivity index (χ1n) is 4.73. The van der Waals surface area contributed by atoms with Gasteiger partial charge in [-0.1, -0.05) is 24.3 Å². The Morgan fingerprint density at radius 3 is 2.27 bits per heavy atom. The third kappa shape index (κ3) is 2.02. The van der Waals surface area contributed by atoms with Crippen molar-refractivity contribution in [2.45, 2.75) is 0 Å². The van der Waals surface area contributed by atoms with Crippen molar-refractivity contribution in [3.05, 3.63) is 48.5 Å². The highest BCUT2D eigenvalue weighted by Crippen LogP contribution is 2.27. The van der Waals surface area contributed by atoms with E-state index in [2.05, 4.69) is 5.32 Å². The minimum absolute atomic E-state index is 0.585. The van der Waals surface area contributed by atoms with Gasteiger partial charge in [-0.25, -0.2) is 0 Å². The lowest BCUT2D eigenvalue weighted by molar-refractivity contribution is 1.54. The molecule has 5 N–H and O–H groups in total. The van der Waals surface area contributed by atoms with Gasteiger partial charge in [-0.15, -0.1) is 0 Å². The average Bonchev–Trinajstić information content (AvgIpc) is 2.26. The van der Waals surface area contributed by atoms with Crippen molar-refractivity contribution in [3.8, 4) is 0 Å². The number of nitrogens with one attached hydrogen (secondary N) is 1. The number of nitrogen functional groups attached to an aromatic ring is 2. The Labute approximate surface area is 88.7 Å². The molecule has 15 heavy (non-hydrogen) atoms. The summed E-state index contributed by atoms with van der Waals surface area (Å²) in [6.07, 6.45) is 0. The summed E-state index contributed by atoms with van der Waals surface area (Å²) < 4.78 is 0. The molecular weight excluding hydrogens is 186 g/mol. The maximum atomic E-state index is 5.84. The SMILES string of the molecule is Nc1cccc(Nc2ccccc2)c1N. The van der Waals surface area contributed by atoms with Crippen molar-refractivity contribution >= 4 is 22.7 Å². The molecule has 0 amide bonds. The third-order valence-corrected chi connectivity index (χ3v) is 2.19. The van der Waals surface area contributed by atoms with Crippen LogP contribution in [0.15, 0.2) is 48.5 Å². The quantitative estimate of drug-likeness (QED) is 0.651. The van der Waals surface area contributed by atoms with Crippen LogP contribution >= 0.6 is 0 Å². The lowest BCUT2D eigenvalue weighted by atomic mass is 10.2. The molecule has 0 saturated heterocycles. The second-order valence-electron chi connectivity index (χ2n) is 3.30. The number of benzene rings is 2. The van der Waals surface area contributed by atoms with Crippen molar-refractivity contribution in [2.24, 2.45) is 0 Å². The smallest absolute Gasteiger partial charge is 0.0786 e. The summed E-state index contributed by atoms with van der Waals surface area (Å²) in [6.45, 7) is 0. The molecule has 2 aromatic rings. The number of nitrogens with two attached hydrogens (primary N) is 2. The maximum Gasteiger partial charge on any atom is 0.0786 e. The molecule has 0 aliphatic carbocycles. The first-order chi connectivity index (χ1) is 7.27. The predicted molar refractivity (Wildman–Crippen MR) is 65.0 cm³/mol. The summed E-state index contributed by atoms with van der Waals surface area (Å²) in [4.78, 5) is 0. The Balaban J connectivity index is 2.29. The minimum Gasteiger partial charge on any atom is -0.397 e. The Hall–Kier alpha value is -2.16. The van der Waals surface area contributed by atoms with E-state index in [-0.39, 0.29) is 0 Å². The second-order valence-corrected chi connectivity index (χ2v) is 3.30. The summed E-state index contributed by atoms with van der Waals surface area (Å²) in [6, 6.07) is 15.4. The molecule has 3 nitrogen and oxygen atoms in total. The topological polar surface area (TPSA) is 64.1 Å². The van der Waals surface area contributed by atoms with Gasteiger partial charge in [0.2, 0.25) is 0 Å². The van der Waals surface area contributed by atoms with E-state index in [0.29, 0.717) is 11.4 Å². The van der Waals surface area contributed by atoms with E-state index in [1.54, 1.807) is 6.07 Å². The van der Waals surface area contributed by atoms with Gasteiger partial charge in [-0.3, -0.25) is 0 Å². The summed E-state index contributed by atoms with van der Waals surface area (Å²) in [5, 5.41) is 3.21. The molecule has 0 unspecified atom stereocenters. The van der Waals surface area contributed by atoms with E-state index < -0.39 is 0 Å². The zero-order valence-electron chi connectivity index (χ0n) is 8.27. The molecule has 0 aromatic heterocycles. The van der Waals surface area contributed by atoms with Crippen molar-refractivity contribution in [1.82, 2.24) is 0 Å². The van der Waals surface area contributed by atoms with Gasteiger partial charge in [0, 0.05) is 5.69 Å². The van der Waals surface area contributed by atoms with E-state index in [0.717, 1.165) is 11.4 Å². The lowest BCUT2D eigenvalue weighted by Crippen LogP contribution is -1.99. The molecule has 2 aromatic carbocycles.